The Hall–Kier alpha value is -2.99. The number of sulfone groups is 1. The lowest BCUT2D eigenvalue weighted by Gasteiger charge is -2.61. The van der Waals surface area contributed by atoms with Crippen LogP contribution < -0.4 is 5.32 Å². The van der Waals surface area contributed by atoms with Crippen LogP contribution in [0.15, 0.2) is 28.9 Å². The van der Waals surface area contributed by atoms with Crippen LogP contribution in [0, 0.1) is 5.92 Å². The molecule has 3 aliphatic rings. The lowest BCUT2D eigenvalue weighted by molar-refractivity contribution is -0.110. The summed E-state index contributed by atoms with van der Waals surface area (Å²) >= 11 is 6.29. The number of rotatable bonds is 5. The molecule has 33 heavy (non-hydrogen) atoms. The van der Waals surface area contributed by atoms with Gasteiger partial charge in [-0.25, -0.2) is 18.2 Å². The number of amides is 2. The molecule has 0 radical (unpaired) electrons. The summed E-state index contributed by atoms with van der Waals surface area (Å²) in [6, 6.07) is 4.84. The number of nitrogens with one attached hydrogen (secondary N) is 2. The summed E-state index contributed by atoms with van der Waals surface area (Å²) in [5.41, 5.74) is 0.406. The molecule has 2 aliphatic heterocycles. The molecule has 2 saturated heterocycles. The Labute approximate surface area is 194 Å². The lowest BCUT2D eigenvalue weighted by atomic mass is 9.64. The van der Waals surface area contributed by atoms with E-state index in [2.05, 4.69) is 37.6 Å². The van der Waals surface area contributed by atoms with Crippen LogP contribution in [0.1, 0.15) is 38.0 Å². The minimum Gasteiger partial charge on any atom is -0.422 e. The second-order valence-corrected chi connectivity index (χ2v) is 11.4. The van der Waals surface area contributed by atoms with Gasteiger partial charge in [-0.3, -0.25) is 5.10 Å². The molecule has 3 fully saturated rings. The molecule has 2 aromatic heterocycles. The molecule has 3 aromatic rings. The summed E-state index contributed by atoms with van der Waals surface area (Å²) in [6.07, 6.45) is 4.70. The largest absolute Gasteiger partial charge is 0.422 e. The number of carbonyl (C=O) groups excluding carboxylic acids is 1. The fraction of sp³-hybridized carbons (Fsp3) is 0.450. The molecule has 2 N–H and O–H groups in total. The van der Waals surface area contributed by atoms with Crippen molar-refractivity contribution in [2.45, 2.75) is 43.5 Å². The van der Waals surface area contributed by atoms with Gasteiger partial charge in [0.15, 0.2) is 15.7 Å². The average molecular weight is 492 g/mol. The van der Waals surface area contributed by atoms with Crippen LogP contribution >= 0.6 is 11.6 Å². The Balaban J connectivity index is 1.41. The second-order valence-electron chi connectivity index (χ2n) is 8.83. The van der Waals surface area contributed by atoms with Crippen molar-refractivity contribution in [1.29, 1.82) is 0 Å². The maximum atomic E-state index is 13.4. The molecule has 13 heteroatoms. The number of urea groups is 1. The maximum absolute atomic E-state index is 13.4. The average Bonchev–Trinajstić information content (AvgIpc) is 3.40. The number of hydrogen-bond acceptors (Lipinski definition) is 8. The maximum Gasteiger partial charge on any atom is 0.323 e. The molecule has 2 amide bonds. The molecule has 2 bridgehead atoms. The number of anilines is 1. The normalized spacial score (nSPS) is 24.4. The van der Waals surface area contributed by atoms with E-state index < -0.39 is 15.4 Å². The van der Waals surface area contributed by atoms with Crippen molar-refractivity contribution in [3.63, 3.8) is 0 Å². The van der Waals surface area contributed by atoms with Crippen molar-refractivity contribution >= 4 is 33.2 Å². The van der Waals surface area contributed by atoms with Gasteiger partial charge < -0.3 is 14.6 Å². The summed E-state index contributed by atoms with van der Waals surface area (Å²) in [4.78, 5) is 19.2. The number of benzene rings is 1. The Morgan fingerprint density at radius 2 is 2.18 bits per heavy atom. The number of hydrogen-bond donors (Lipinski definition) is 2. The van der Waals surface area contributed by atoms with Gasteiger partial charge in [0, 0.05) is 30.0 Å². The van der Waals surface area contributed by atoms with E-state index in [1.165, 1.54) is 6.33 Å². The van der Waals surface area contributed by atoms with Gasteiger partial charge in [-0.15, -0.1) is 10.2 Å². The van der Waals surface area contributed by atoms with Gasteiger partial charge in [-0.1, -0.05) is 18.5 Å². The van der Waals surface area contributed by atoms with Gasteiger partial charge in [-0.2, -0.15) is 5.10 Å². The highest BCUT2D eigenvalue weighted by atomic mass is 35.5. The number of piperidine rings is 1. The zero-order valence-electron chi connectivity index (χ0n) is 17.9. The van der Waals surface area contributed by atoms with Crippen molar-refractivity contribution < 1.29 is 17.6 Å². The number of carbonyl (C=O) groups is 1. The van der Waals surface area contributed by atoms with E-state index in [0.717, 1.165) is 12.7 Å². The van der Waals surface area contributed by atoms with E-state index in [1.807, 2.05) is 0 Å². The van der Waals surface area contributed by atoms with Crippen LogP contribution in [0.25, 0.3) is 11.4 Å². The van der Waals surface area contributed by atoms with Gasteiger partial charge in [0.1, 0.15) is 17.6 Å². The Morgan fingerprint density at radius 3 is 2.91 bits per heavy atom. The highest BCUT2D eigenvalue weighted by molar-refractivity contribution is 7.89. The molecule has 3 atom stereocenters. The molecule has 4 heterocycles. The van der Waals surface area contributed by atoms with Crippen molar-refractivity contribution in [2.75, 3.05) is 11.6 Å². The number of H-pyrrole nitrogens is 1. The Bertz CT molecular complexity index is 1310. The highest BCUT2D eigenvalue weighted by Gasteiger charge is 2.62. The van der Waals surface area contributed by atoms with Gasteiger partial charge in [-0.05, 0) is 37.0 Å². The van der Waals surface area contributed by atoms with E-state index in [9.17, 15) is 13.2 Å². The zero-order chi connectivity index (χ0) is 23.4. The third kappa shape index (κ3) is 3.97. The van der Waals surface area contributed by atoms with Gasteiger partial charge in [0.2, 0.25) is 11.8 Å². The first-order valence-corrected chi connectivity index (χ1v) is 12.8. The Morgan fingerprint density at radius 1 is 1.36 bits per heavy atom. The molecule has 1 aromatic carbocycles. The van der Waals surface area contributed by atoms with E-state index in [0.29, 0.717) is 40.9 Å². The third-order valence-corrected chi connectivity index (χ3v) is 7.22. The number of nitrogens with zero attached hydrogens (tertiary/aromatic N) is 5. The number of halogens is 1. The number of aromatic nitrogens is 5. The first kappa shape index (κ1) is 21.8. The standard InChI is InChI=1S/C20H22ClN7O4S/c1-11-5-13-8-20(7-11,18-27-25-16(32-18)9-33(2,30)31)28(13)19(29)24-12-3-4-15(21)14(6-12)17-22-10-23-26-17/h3-4,6,10-11,13H,5,7-9H2,1-2H3,(H,24,29)(H,22,23,26). The van der Waals surface area contributed by atoms with Crippen LogP contribution in [0.3, 0.4) is 0 Å². The van der Waals surface area contributed by atoms with Gasteiger partial charge >= 0.3 is 6.03 Å². The number of aromatic amines is 1. The summed E-state index contributed by atoms with van der Waals surface area (Å²) in [7, 11) is -3.32. The fourth-order valence-electron chi connectivity index (χ4n) is 4.98. The van der Waals surface area contributed by atoms with Crippen molar-refractivity contribution in [3.8, 4) is 11.4 Å². The molecule has 174 valence electrons. The molecule has 11 nitrogen and oxygen atoms in total. The monoisotopic (exact) mass is 491 g/mol. The van der Waals surface area contributed by atoms with Crippen LogP contribution in [0.2, 0.25) is 5.02 Å². The van der Waals surface area contributed by atoms with Gasteiger partial charge in [0.25, 0.3) is 0 Å². The first-order chi connectivity index (χ1) is 15.6. The fourth-order valence-corrected chi connectivity index (χ4v) is 5.75. The van der Waals surface area contributed by atoms with E-state index in [-0.39, 0.29) is 29.6 Å². The van der Waals surface area contributed by atoms with Crippen LogP contribution in [-0.2, 0) is 21.1 Å². The van der Waals surface area contributed by atoms with Crippen LogP contribution in [-0.4, -0.2) is 57.0 Å². The lowest BCUT2D eigenvalue weighted by Crippen LogP contribution is -2.70. The third-order valence-electron chi connectivity index (χ3n) is 6.12. The predicted octanol–water partition coefficient (Wildman–Crippen LogP) is 2.98. The molecule has 6 rings (SSSR count). The Kier molecular flexibility index (Phi) is 5.16. The summed E-state index contributed by atoms with van der Waals surface area (Å²) in [5.74, 6) is 0.810. The second kappa shape index (κ2) is 7.80. The van der Waals surface area contributed by atoms with Crippen molar-refractivity contribution in [2.24, 2.45) is 5.92 Å². The molecule has 0 spiro atoms. The van der Waals surface area contributed by atoms with E-state index in [1.54, 1.807) is 23.1 Å². The number of fused-ring (bicyclic) bond motifs is 2. The zero-order valence-corrected chi connectivity index (χ0v) is 19.5. The predicted molar refractivity (Wildman–Crippen MR) is 119 cm³/mol. The summed E-state index contributed by atoms with van der Waals surface area (Å²) in [6.45, 7) is 2.12. The molecular weight excluding hydrogens is 470 g/mol. The van der Waals surface area contributed by atoms with Gasteiger partial charge in [0.05, 0.1) is 5.02 Å². The first-order valence-electron chi connectivity index (χ1n) is 10.4. The topological polar surface area (TPSA) is 147 Å². The van der Waals surface area contributed by atoms with Crippen LogP contribution in [0.4, 0.5) is 10.5 Å². The smallest absolute Gasteiger partial charge is 0.323 e. The molecule has 1 saturated carbocycles. The van der Waals surface area contributed by atoms with Crippen LogP contribution in [0.5, 0.6) is 0 Å². The summed E-state index contributed by atoms with van der Waals surface area (Å²) < 4.78 is 29.0. The molecular formula is C20H22ClN7O4S. The van der Waals surface area contributed by atoms with Crippen molar-refractivity contribution in [1.82, 2.24) is 30.3 Å². The quantitative estimate of drug-likeness (QED) is 0.553. The minimum atomic E-state index is -3.32. The van der Waals surface area contributed by atoms with Crippen molar-refractivity contribution in [3.05, 3.63) is 41.3 Å². The van der Waals surface area contributed by atoms with E-state index >= 15 is 0 Å². The summed E-state index contributed by atoms with van der Waals surface area (Å²) in [5, 5.41) is 18.1. The highest BCUT2D eigenvalue weighted by Crippen LogP contribution is 2.55. The minimum absolute atomic E-state index is 0.0262. The van der Waals surface area contributed by atoms with E-state index in [4.69, 9.17) is 16.0 Å². The molecule has 1 aliphatic carbocycles. The SMILES string of the molecule is CC1CC2CC(c3nnc(CS(C)(=O)=O)o3)(C1)N2C(=O)Nc1ccc(Cl)c(-c2ncn[nH]2)c1. The molecule has 3 unspecified atom stereocenters.